The van der Waals surface area contributed by atoms with Gasteiger partial charge in [-0.25, -0.2) is 6.54 Å². The van der Waals surface area contributed by atoms with Gasteiger partial charge in [-0.05, 0) is 119 Å². The van der Waals surface area contributed by atoms with Crippen molar-refractivity contribution < 1.29 is 91.0 Å². The molecule has 0 aliphatic carbocycles. The van der Waals surface area contributed by atoms with Gasteiger partial charge < -0.3 is 57.7 Å². The first-order valence-electron chi connectivity index (χ1n) is 21.5. The van der Waals surface area contributed by atoms with Gasteiger partial charge >= 0.3 is 58.9 Å². The van der Waals surface area contributed by atoms with Gasteiger partial charge in [-0.1, -0.05) is 49.4 Å². The van der Waals surface area contributed by atoms with Crippen molar-refractivity contribution in [2.75, 3.05) is 19.6 Å². The van der Waals surface area contributed by atoms with Gasteiger partial charge in [0.25, 0.3) is 11.8 Å². The zero-order valence-corrected chi connectivity index (χ0v) is 40.3. The van der Waals surface area contributed by atoms with Crippen molar-refractivity contribution >= 4 is 37.0 Å². The Morgan fingerprint density at radius 2 is 1.38 bits per heavy atom. The third kappa shape index (κ3) is 16.1. The molecule has 2 heterocycles. The average molecular weight is 905 g/mol. The summed E-state index contributed by atoms with van der Waals surface area (Å²) in [6.07, 6.45) is 5.69. The zero-order valence-electron chi connectivity index (χ0n) is 37.2. The van der Waals surface area contributed by atoms with Gasteiger partial charge in [-0.3, -0.25) is 24.0 Å². The van der Waals surface area contributed by atoms with E-state index in [9.17, 15) is 34.1 Å². The largest absolute Gasteiger partial charge is 1.00 e. The van der Waals surface area contributed by atoms with E-state index in [-0.39, 0.29) is 92.2 Å². The Bertz CT molecular complexity index is 1990. The second-order valence-electron chi connectivity index (χ2n) is 16.1. The second kappa shape index (κ2) is 27.4. The number of nitrogens with zero attached hydrogens (tertiary/aromatic N) is 2. The molecule has 3 aromatic carbocycles. The first kappa shape index (κ1) is 54.2. The summed E-state index contributed by atoms with van der Waals surface area (Å²) in [5, 5.41) is 34.9. The number of phenolic OH excluding ortho intramolecular Hbond substituents is 1. The number of unbranched alkanes of at least 4 members (excludes halogenated alkanes) is 1. The molecule has 0 bridgehead atoms. The van der Waals surface area contributed by atoms with E-state index in [2.05, 4.69) is 33.2 Å². The van der Waals surface area contributed by atoms with Gasteiger partial charge in [0.15, 0.2) is 0 Å². The van der Waals surface area contributed by atoms with Crippen LogP contribution in [0.4, 0.5) is 0 Å². The Balaban J connectivity index is 0.00000544. The molecule has 339 valence electrons. The average Bonchev–Trinajstić information content (AvgIpc) is 4.00. The molecule has 2 saturated heterocycles. The Kier molecular flexibility index (Phi) is 23.2. The third-order valence-electron chi connectivity index (χ3n) is 11.3. The van der Waals surface area contributed by atoms with Crippen LogP contribution in [0.2, 0.25) is 0 Å². The van der Waals surface area contributed by atoms with Gasteiger partial charge in [-0.15, -0.1) is 0 Å². The van der Waals surface area contributed by atoms with Gasteiger partial charge in [0, 0.05) is 42.4 Å². The molecule has 10 N–H and O–H groups in total. The molecular formula is C46H62BKN8O8-. The van der Waals surface area contributed by atoms with Crippen molar-refractivity contribution in [3.8, 4) is 5.75 Å². The van der Waals surface area contributed by atoms with Crippen LogP contribution in [-0.4, -0.2) is 112 Å². The van der Waals surface area contributed by atoms with E-state index in [1.807, 2.05) is 18.7 Å². The quantitative estimate of drug-likeness (QED) is 0.0360. The maximum atomic E-state index is 14.1. The van der Waals surface area contributed by atoms with Crippen molar-refractivity contribution in [1.29, 1.82) is 0 Å². The van der Waals surface area contributed by atoms with Crippen molar-refractivity contribution in [3.63, 3.8) is 0 Å². The molecule has 0 aromatic heterocycles. The molecule has 1 radical (unpaired) electrons. The molecule has 0 spiro atoms. The molecule has 5 unspecified atom stereocenters. The van der Waals surface area contributed by atoms with Gasteiger partial charge in [-0.2, -0.15) is 6.42 Å². The molecule has 5 amide bonds. The fraction of sp³-hybridized carbons (Fsp3) is 0.435. The van der Waals surface area contributed by atoms with Crippen LogP contribution in [0.15, 0.2) is 85.1 Å². The van der Waals surface area contributed by atoms with E-state index in [4.69, 9.17) is 5.73 Å². The number of amides is 5. The van der Waals surface area contributed by atoms with Crippen molar-refractivity contribution in [3.05, 3.63) is 119 Å². The van der Waals surface area contributed by atoms with Crippen LogP contribution in [-0.2, 0) is 33.9 Å². The zero-order chi connectivity index (χ0) is 44.6. The summed E-state index contributed by atoms with van der Waals surface area (Å²) in [6.45, 7) is 11.9. The maximum Gasteiger partial charge on any atom is 1.00 e. The summed E-state index contributed by atoms with van der Waals surface area (Å²) in [5.74, 6) is -1.60. The minimum Gasteiger partial charge on any atom is -0.870 e. The standard InChI is InChI=1S/C46H61BN8O7.K.H2O/c1-30(49-28-34-11-17-36(18-12-34)42(57)51-31(2)45(60)54-24-6-7-25-54)39(9-4-5-23-48)53-44(59)40(27-33-15-21-38(56)22-16-33)50-29-35-13-19-37(20-14-35)43(58)52-32(3)46(61)55-26-8-10-41(55)47-62;;/h11-22,24,31-32,39-41,49-50,56,62H,1,4-10,23,25-29,48H2,2-3H3,(H,51,57)(H,52,58)(H,53,59);;1H2/q-1;+1;/p-1. The predicted molar refractivity (Wildman–Crippen MR) is 240 cm³/mol. The van der Waals surface area contributed by atoms with Crippen LogP contribution < -0.4 is 83.7 Å². The molecule has 2 aliphatic heterocycles. The number of nitrogens with two attached hydrogens (primary N) is 1. The number of hydrogen-bond acceptors (Lipinski definition) is 11. The number of phenols is 1. The summed E-state index contributed by atoms with van der Waals surface area (Å²) in [6, 6.07) is 18.2. The predicted octanol–water partition coefficient (Wildman–Crippen LogP) is -0.582. The molecule has 18 heteroatoms. The van der Waals surface area contributed by atoms with Crippen LogP contribution in [0.1, 0.15) is 96.2 Å². The van der Waals surface area contributed by atoms with E-state index in [0.717, 1.165) is 56.3 Å². The number of nitrogens with one attached hydrogen (secondary N) is 5. The van der Waals surface area contributed by atoms with Crippen LogP contribution in [0.25, 0.3) is 0 Å². The first-order valence-corrected chi connectivity index (χ1v) is 21.5. The Hall–Kier alpha value is -4.11. The van der Waals surface area contributed by atoms with Crippen LogP contribution in [0.3, 0.4) is 0 Å². The number of carbonyl (C=O) groups is 5. The summed E-state index contributed by atoms with van der Waals surface area (Å²) >= 11 is 0. The number of carbonyl (C=O) groups excluding carboxylic acids is 5. The first-order chi connectivity index (χ1) is 29.9. The molecule has 2 aliphatic rings. The van der Waals surface area contributed by atoms with E-state index >= 15 is 0 Å². The number of hydrogen-bond donors (Lipinski definition) is 8. The summed E-state index contributed by atoms with van der Waals surface area (Å²) in [7, 11) is 1.03. The van der Waals surface area contributed by atoms with E-state index < -0.39 is 30.1 Å². The molecule has 5 rings (SSSR count). The van der Waals surface area contributed by atoms with Gasteiger partial charge in [0.1, 0.15) is 17.8 Å². The Morgan fingerprint density at radius 1 is 0.797 bits per heavy atom. The van der Waals surface area contributed by atoms with Crippen LogP contribution in [0.5, 0.6) is 5.75 Å². The van der Waals surface area contributed by atoms with Crippen molar-refractivity contribution in [1.82, 2.24) is 36.4 Å². The molecule has 2 fully saturated rings. The molecule has 16 nitrogen and oxygen atoms in total. The van der Waals surface area contributed by atoms with Gasteiger partial charge in [0.05, 0.1) is 12.1 Å². The second-order valence-corrected chi connectivity index (χ2v) is 16.1. The normalized spacial score (nSPS) is 16.2. The summed E-state index contributed by atoms with van der Waals surface area (Å²) < 4.78 is 0. The molecular weight excluding hydrogens is 842 g/mol. The minimum absolute atomic E-state index is 0. The molecule has 0 saturated carbocycles. The Labute approximate surface area is 419 Å². The van der Waals surface area contributed by atoms with E-state index in [1.54, 1.807) is 84.3 Å². The molecule has 3 aromatic rings. The number of benzene rings is 3. The summed E-state index contributed by atoms with van der Waals surface area (Å²) in [4.78, 5) is 68.9. The van der Waals surface area contributed by atoms with E-state index in [0.29, 0.717) is 68.8 Å². The number of rotatable bonds is 22. The van der Waals surface area contributed by atoms with E-state index in [1.165, 1.54) is 0 Å². The van der Waals surface area contributed by atoms with Crippen molar-refractivity contribution in [2.24, 2.45) is 5.73 Å². The Morgan fingerprint density at radius 3 is 1.94 bits per heavy atom. The molecule has 64 heavy (non-hydrogen) atoms. The SMILES string of the molecule is C=C(NCc1ccc(C(=O)NC(C)C(=O)N2[CH-]CCC2)cc1)C(CCCCN)NC(=O)C(Cc1ccc(O)cc1)NCc1ccc(C(=O)NC(C)C(=O)N2CCCC2[B]O)cc1.[K+].[OH-]. The minimum atomic E-state index is -0.771. The third-order valence-corrected chi connectivity index (χ3v) is 11.3. The monoisotopic (exact) mass is 904 g/mol. The molecule has 5 atom stereocenters. The summed E-state index contributed by atoms with van der Waals surface area (Å²) in [5.41, 5.74) is 9.79. The number of likely N-dealkylation sites (tertiary alicyclic amines) is 2. The smallest absolute Gasteiger partial charge is 0.870 e. The number of aromatic hydroxyl groups is 1. The topological polar surface area (TPSA) is 248 Å². The fourth-order valence-corrected chi connectivity index (χ4v) is 7.55. The van der Waals surface area contributed by atoms with Crippen LogP contribution >= 0.6 is 0 Å². The fourth-order valence-electron chi connectivity index (χ4n) is 7.55. The maximum absolute atomic E-state index is 14.1. The van der Waals surface area contributed by atoms with Gasteiger partial charge in [0.2, 0.25) is 17.7 Å². The van der Waals surface area contributed by atoms with Crippen molar-refractivity contribution in [2.45, 2.75) is 108 Å². The van der Waals surface area contributed by atoms with Crippen LogP contribution in [0, 0.1) is 6.54 Å².